The summed E-state index contributed by atoms with van der Waals surface area (Å²) in [7, 11) is 0. The summed E-state index contributed by atoms with van der Waals surface area (Å²) in [5.74, 6) is 0. The van der Waals surface area contributed by atoms with E-state index in [-0.39, 0.29) is 5.69 Å². The van der Waals surface area contributed by atoms with Crippen LogP contribution < -0.4 is 10.6 Å². The molecule has 0 radical (unpaired) electrons. The van der Waals surface area contributed by atoms with E-state index in [1.54, 1.807) is 12.3 Å². The van der Waals surface area contributed by atoms with E-state index >= 15 is 0 Å². The highest BCUT2D eigenvalue weighted by Gasteiger charge is 2.17. The summed E-state index contributed by atoms with van der Waals surface area (Å²) in [5.41, 5.74) is 0.564. The summed E-state index contributed by atoms with van der Waals surface area (Å²) in [6, 6.07) is 2.04. The molecule has 0 saturated carbocycles. The van der Waals surface area contributed by atoms with Gasteiger partial charge in [0.2, 0.25) is 0 Å². The Labute approximate surface area is 93.2 Å². The lowest BCUT2D eigenvalue weighted by molar-refractivity contribution is -0.384. The van der Waals surface area contributed by atoms with Crippen LogP contribution in [0.25, 0.3) is 0 Å². The zero-order valence-corrected chi connectivity index (χ0v) is 8.85. The zero-order valence-electron chi connectivity index (χ0n) is 8.85. The van der Waals surface area contributed by atoms with Crippen molar-refractivity contribution in [3.05, 3.63) is 28.6 Å². The van der Waals surface area contributed by atoms with Crippen molar-refractivity contribution in [2.45, 2.75) is 18.9 Å². The molecule has 86 valence electrons. The summed E-state index contributed by atoms with van der Waals surface area (Å²) in [5, 5.41) is 17.1. The van der Waals surface area contributed by atoms with Gasteiger partial charge < -0.3 is 10.6 Å². The molecule has 16 heavy (non-hydrogen) atoms. The number of nitrogens with zero attached hydrogens (tertiary/aromatic N) is 2. The van der Waals surface area contributed by atoms with Crippen LogP contribution in [0.1, 0.15) is 12.8 Å². The second-order valence-electron chi connectivity index (χ2n) is 3.82. The Morgan fingerprint density at radius 1 is 1.69 bits per heavy atom. The second kappa shape index (κ2) is 4.89. The molecule has 1 unspecified atom stereocenters. The maximum atomic E-state index is 10.7. The average molecular weight is 222 g/mol. The first-order chi connectivity index (χ1) is 7.77. The van der Waals surface area contributed by atoms with Crippen molar-refractivity contribution < 1.29 is 4.92 Å². The van der Waals surface area contributed by atoms with Crippen molar-refractivity contribution in [1.29, 1.82) is 0 Å². The topological polar surface area (TPSA) is 80.1 Å². The quantitative estimate of drug-likeness (QED) is 0.590. The first-order valence-corrected chi connectivity index (χ1v) is 5.33. The number of hydrogen-bond acceptors (Lipinski definition) is 5. The standard InChI is InChI=1S/C10H14N4O2/c15-14(16)10-7-11-5-3-9(10)13-6-8-2-1-4-12-8/h3,5,7-8,12H,1-2,4,6H2,(H,11,13). The number of nitrogens with one attached hydrogen (secondary N) is 2. The summed E-state index contributed by atoms with van der Waals surface area (Å²) in [6.45, 7) is 1.75. The Morgan fingerprint density at radius 2 is 2.56 bits per heavy atom. The van der Waals surface area contributed by atoms with Gasteiger partial charge in [0.05, 0.1) is 4.92 Å². The number of anilines is 1. The highest BCUT2D eigenvalue weighted by Crippen LogP contribution is 2.22. The number of aromatic nitrogens is 1. The van der Waals surface area contributed by atoms with Gasteiger partial charge in [-0.05, 0) is 25.5 Å². The van der Waals surface area contributed by atoms with Crippen molar-refractivity contribution in [3.63, 3.8) is 0 Å². The molecule has 0 bridgehead atoms. The van der Waals surface area contributed by atoms with Crippen LogP contribution in [-0.2, 0) is 0 Å². The Balaban J connectivity index is 2.00. The van der Waals surface area contributed by atoms with Crippen LogP contribution in [0, 0.1) is 10.1 Å². The molecule has 0 spiro atoms. The third-order valence-electron chi connectivity index (χ3n) is 2.70. The lowest BCUT2D eigenvalue weighted by Gasteiger charge is -2.12. The van der Waals surface area contributed by atoms with E-state index in [4.69, 9.17) is 0 Å². The molecular weight excluding hydrogens is 208 g/mol. The third-order valence-corrected chi connectivity index (χ3v) is 2.70. The Hall–Kier alpha value is -1.69. The summed E-state index contributed by atoms with van der Waals surface area (Å²) < 4.78 is 0. The largest absolute Gasteiger partial charge is 0.378 e. The van der Waals surface area contributed by atoms with Crippen LogP contribution in [0.2, 0.25) is 0 Å². The van der Waals surface area contributed by atoms with E-state index in [1.165, 1.54) is 12.6 Å². The lowest BCUT2D eigenvalue weighted by Crippen LogP contribution is -2.29. The molecule has 2 heterocycles. The highest BCUT2D eigenvalue weighted by atomic mass is 16.6. The minimum absolute atomic E-state index is 0.0282. The Bertz CT molecular complexity index is 377. The number of nitro groups is 1. The van der Waals surface area contributed by atoms with Crippen LogP contribution in [-0.4, -0.2) is 29.0 Å². The maximum absolute atomic E-state index is 10.7. The molecule has 2 rings (SSSR count). The van der Waals surface area contributed by atoms with Gasteiger partial charge in [0, 0.05) is 18.8 Å². The van der Waals surface area contributed by atoms with Crippen molar-refractivity contribution in [2.75, 3.05) is 18.4 Å². The number of hydrogen-bond donors (Lipinski definition) is 2. The first-order valence-electron chi connectivity index (χ1n) is 5.33. The highest BCUT2D eigenvalue weighted by molar-refractivity contribution is 5.59. The molecule has 0 amide bonds. The fraction of sp³-hybridized carbons (Fsp3) is 0.500. The minimum atomic E-state index is -0.419. The Morgan fingerprint density at radius 3 is 3.25 bits per heavy atom. The van der Waals surface area contributed by atoms with Crippen LogP contribution >= 0.6 is 0 Å². The van der Waals surface area contributed by atoms with Gasteiger partial charge in [0.1, 0.15) is 11.9 Å². The third kappa shape index (κ3) is 2.46. The van der Waals surface area contributed by atoms with E-state index in [0.29, 0.717) is 18.3 Å². The van der Waals surface area contributed by atoms with E-state index in [2.05, 4.69) is 15.6 Å². The molecule has 1 aromatic rings. The summed E-state index contributed by atoms with van der Waals surface area (Å²) in [4.78, 5) is 14.1. The van der Waals surface area contributed by atoms with Crippen molar-refractivity contribution in [1.82, 2.24) is 10.3 Å². The first kappa shape index (κ1) is 10.8. The zero-order chi connectivity index (χ0) is 11.4. The molecule has 1 saturated heterocycles. The van der Waals surface area contributed by atoms with Gasteiger partial charge in [-0.3, -0.25) is 15.1 Å². The van der Waals surface area contributed by atoms with Crippen LogP contribution in [0.4, 0.5) is 11.4 Å². The van der Waals surface area contributed by atoms with E-state index in [9.17, 15) is 10.1 Å². The summed E-state index contributed by atoms with van der Waals surface area (Å²) in [6.07, 6.45) is 5.11. The van der Waals surface area contributed by atoms with Gasteiger partial charge in [-0.15, -0.1) is 0 Å². The predicted octanol–water partition coefficient (Wildman–Crippen LogP) is 1.15. The van der Waals surface area contributed by atoms with Gasteiger partial charge in [-0.2, -0.15) is 0 Å². The second-order valence-corrected chi connectivity index (χ2v) is 3.82. The molecule has 1 aliphatic heterocycles. The van der Waals surface area contributed by atoms with E-state index in [0.717, 1.165) is 13.0 Å². The smallest absolute Gasteiger partial charge is 0.310 e. The SMILES string of the molecule is O=[N+]([O-])c1cnccc1NCC1CCCN1. The molecule has 6 heteroatoms. The van der Waals surface area contributed by atoms with Gasteiger partial charge in [-0.1, -0.05) is 0 Å². The van der Waals surface area contributed by atoms with Crippen LogP contribution in [0.15, 0.2) is 18.5 Å². The molecule has 2 N–H and O–H groups in total. The Kier molecular flexibility index (Phi) is 3.31. The molecule has 1 fully saturated rings. The fourth-order valence-electron chi connectivity index (χ4n) is 1.85. The molecule has 6 nitrogen and oxygen atoms in total. The minimum Gasteiger partial charge on any atom is -0.378 e. The fourth-order valence-corrected chi connectivity index (χ4v) is 1.85. The molecule has 1 atom stereocenters. The van der Waals surface area contributed by atoms with Crippen LogP contribution in [0.5, 0.6) is 0 Å². The predicted molar refractivity (Wildman–Crippen MR) is 60.4 cm³/mol. The van der Waals surface area contributed by atoms with E-state index in [1.807, 2.05) is 0 Å². The molecule has 1 aromatic heterocycles. The van der Waals surface area contributed by atoms with Crippen molar-refractivity contribution >= 4 is 11.4 Å². The van der Waals surface area contributed by atoms with E-state index < -0.39 is 4.92 Å². The van der Waals surface area contributed by atoms with Gasteiger partial charge in [-0.25, -0.2) is 0 Å². The average Bonchev–Trinajstić information content (AvgIpc) is 2.79. The van der Waals surface area contributed by atoms with Crippen molar-refractivity contribution in [3.8, 4) is 0 Å². The molecular formula is C10H14N4O2. The number of pyridine rings is 1. The van der Waals surface area contributed by atoms with Crippen LogP contribution in [0.3, 0.4) is 0 Å². The molecule has 0 aliphatic carbocycles. The van der Waals surface area contributed by atoms with Crippen molar-refractivity contribution in [2.24, 2.45) is 0 Å². The lowest BCUT2D eigenvalue weighted by atomic mass is 10.2. The normalized spacial score (nSPS) is 19.6. The van der Waals surface area contributed by atoms with Gasteiger partial charge in [0.25, 0.3) is 0 Å². The summed E-state index contributed by atoms with van der Waals surface area (Å²) >= 11 is 0. The molecule has 1 aliphatic rings. The van der Waals surface area contributed by atoms with Gasteiger partial charge >= 0.3 is 5.69 Å². The molecule has 0 aromatic carbocycles. The van der Waals surface area contributed by atoms with Gasteiger partial charge in [0.15, 0.2) is 0 Å². The maximum Gasteiger partial charge on any atom is 0.310 e. The number of rotatable bonds is 4. The monoisotopic (exact) mass is 222 g/mol.